The molecule has 7 fully saturated rings. The first-order valence-corrected chi connectivity index (χ1v) is 22.5. The highest BCUT2D eigenvalue weighted by Crippen LogP contribution is 2.77. The van der Waals surface area contributed by atoms with Gasteiger partial charge < -0.3 is 59.1 Å². The van der Waals surface area contributed by atoms with Crippen molar-refractivity contribution in [1.82, 2.24) is 0 Å². The number of rotatable bonds is 7. The molecule has 1 spiro atoms. The molecule has 19 atom stereocenters. The van der Waals surface area contributed by atoms with Gasteiger partial charge >= 0.3 is 16.4 Å². The second-order valence-corrected chi connectivity index (χ2v) is 21.7. The average molecular weight is 861 g/mol. The lowest BCUT2D eigenvalue weighted by atomic mass is 9.40. The lowest BCUT2D eigenvalue weighted by Crippen LogP contribution is -2.69. The second kappa shape index (κ2) is 14.1. The number of fused-ring (bicyclic) bond motifs is 4. The van der Waals surface area contributed by atoms with Gasteiger partial charge in [-0.25, -0.2) is 4.18 Å². The summed E-state index contributed by atoms with van der Waals surface area (Å²) >= 11 is 0. The molecule has 4 aliphatic heterocycles. The molecule has 0 radical (unpaired) electrons. The third-order valence-electron chi connectivity index (χ3n) is 16.9. The van der Waals surface area contributed by atoms with E-state index in [-0.39, 0.29) is 18.3 Å². The summed E-state index contributed by atoms with van der Waals surface area (Å²) in [6.07, 6.45) is -9.75. The Kier molecular flexibility index (Phi) is 10.6. The van der Waals surface area contributed by atoms with Crippen LogP contribution in [0.25, 0.3) is 0 Å². The summed E-state index contributed by atoms with van der Waals surface area (Å²) in [7, 11) is -5.04. The van der Waals surface area contributed by atoms with Crippen LogP contribution in [-0.2, 0) is 47.8 Å². The molecular formula is C41H64O17S. The third kappa shape index (κ3) is 6.16. The van der Waals surface area contributed by atoms with Gasteiger partial charge in [-0.1, -0.05) is 39.3 Å². The predicted octanol–water partition coefficient (Wildman–Crippen LogP) is 1.43. The molecule has 17 nitrogen and oxygen atoms in total. The van der Waals surface area contributed by atoms with Crippen molar-refractivity contribution >= 4 is 16.4 Å². The van der Waals surface area contributed by atoms with Crippen molar-refractivity contribution in [2.24, 2.45) is 33.5 Å². The number of ether oxygens (including phenoxy) is 6. The summed E-state index contributed by atoms with van der Waals surface area (Å²) in [5.41, 5.74) is -5.89. The zero-order valence-electron chi connectivity index (χ0n) is 35.1. The van der Waals surface area contributed by atoms with Crippen LogP contribution in [0.2, 0.25) is 0 Å². The van der Waals surface area contributed by atoms with Gasteiger partial charge in [0.1, 0.15) is 53.7 Å². The predicted molar refractivity (Wildman–Crippen MR) is 203 cm³/mol. The maximum atomic E-state index is 14.5. The molecule has 4 aliphatic carbocycles. The first-order valence-electron chi connectivity index (χ1n) is 21.2. The van der Waals surface area contributed by atoms with Gasteiger partial charge in [0.25, 0.3) is 0 Å². The highest BCUT2D eigenvalue weighted by atomic mass is 32.3. The summed E-state index contributed by atoms with van der Waals surface area (Å²) in [4.78, 5) is 14.5. The SMILES string of the molecule is C[C@H]1O[C@@H](O[C@H]2[C@H](O[C@H]3CC[C@]4(C)C5=C[C@H](O)C67C(=O)O[C@](C)([C@@H]8CCC(C)(C)O8)[C@@]6(O)CCC7(C)C5CCC4C3(C)C)OC[C@@H](OS(=O)(=O)O)[C@@H]2O)[C@H](O)[C@@H](O)[C@@H]1O. The molecule has 8 rings (SSSR count). The Hall–Kier alpha value is -1.36. The van der Waals surface area contributed by atoms with Crippen LogP contribution in [0.3, 0.4) is 0 Å². The van der Waals surface area contributed by atoms with Gasteiger partial charge in [0, 0.05) is 0 Å². The van der Waals surface area contributed by atoms with Gasteiger partial charge in [-0.3, -0.25) is 9.35 Å². The number of allylic oxidation sites excluding steroid dienone is 1. The van der Waals surface area contributed by atoms with Gasteiger partial charge in [-0.05, 0) is 107 Å². The number of carbonyl (C=O) groups is 1. The van der Waals surface area contributed by atoms with Crippen molar-refractivity contribution < 1.29 is 81.0 Å². The Morgan fingerprint density at radius 1 is 0.814 bits per heavy atom. The van der Waals surface area contributed by atoms with Crippen LogP contribution in [0, 0.1) is 33.5 Å². The van der Waals surface area contributed by atoms with E-state index in [4.69, 9.17) is 28.4 Å². The molecule has 4 saturated heterocycles. The van der Waals surface area contributed by atoms with Gasteiger partial charge in [-0.2, -0.15) is 8.42 Å². The molecule has 336 valence electrons. The lowest BCUT2D eigenvalue weighted by Gasteiger charge is -2.64. The molecule has 0 aromatic carbocycles. The fraction of sp³-hybridized carbons (Fsp3) is 0.927. The quantitative estimate of drug-likeness (QED) is 0.0827. The molecular weight excluding hydrogens is 797 g/mol. The topological polar surface area (TPSA) is 257 Å². The number of aliphatic hydroxyl groups is 6. The number of carbonyl (C=O) groups excluding carboxylic acids is 1. The molecule has 8 aliphatic rings. The highest BCUT2D eigenvalue weighted by molar-refractivity contribution is 7.80. The third-order valence-corrected chi connectivity index (χ3v) is 17.4. The summed E-state index contributed by atoms with van der Waals surface area (Å²) in [6, 6.07) is 0. The van der Waals surface area contributed by atoms with E-state index in [1.165, 1.54) is 6.92 Å². The number of hydrogen-bond donors (Lipinski definition) is 7. The van der Waals surface area contributed by atoms with E-state index in [0.29, 0.717) is 32.1 Å². The summed E-state index contributed by atoms with van der Waals surface area (Å²) in [6.45, 7) is 15.1. The first-order chi connectivity index (χ1) is 27.2. The van der Waals surface area contributed by atoms with E-state index in [1.807, 2.05) is 26.8 Å². The Morgan fingerprint density at radius 3 is 2.15 bits per heavy atom. The molecule has 0 bridgehead atoms. The van der Waals surface area contributed by atoms with Gasteiger partial charge in [-0.15, -0.1) is 0 Å². The Labute approximate surface area is 345 Å². The molecule has 4 unspecified atom stereocenters. The monoisotopic (exact) mass is 860 g/mol. The summed E-state index contributed by atoms with van der Waals surface area (Å²) in [5.74, 6) is -0.746. The summed E-state index contributed by atoms with van der Waals surface area (Å²) in [5, 5.41) is 68.2. The molecule has 3 saturated carbocycles. The maximum Gasteiger partial charge on any atom is 0.397 e. The van der Waals surface area contributed by atoms with Crippen molar-refractivity contribution in [1.29, 1.82) is 0 Å². The van der Waals surface area contributed by atoms with E-state index in [0.717, 1.165) is 18.4 Å². The van der Waals surface area contributed by atoms with Crippen molar-refractivity contribution in [3.63, 3.8) is 0 Å². The van der Waals surface area contributed by atoms with Crippen molar-refractivity contribution in [3.8, 4) is 0 Å². The number of esters is 1. The zero-order chi connectivity index (χ0) is 43.3. The molecule has 4 heterocycles. The number of hydrogen-bond acceptors (Lipinski definition) is 16. The molecule has 59 heavy (non-hydrogen) atoms. The molecule has 7 N–H and O–H groups in total. The van der Waals surface area contributed by atoms with E-state index >= 15 is 0 Å². The lowest BCUT2D eigenvalue weighted by molar-refractivity contribution is -0.362. The van der Waals surface area contributed by atoms with Crippen LogP contribution in [0.15, 0.2) is 11.6 Å². The van der Waals surface area contributed by atoms with Crippen molar-refractivity contribution in [3.05, 3.63) is 11.6 Å². The van der Waals surface area contributed by atoms with Gasteiger partial charge in [0.05, 0.1) is 30.5 Å². The minimum atomic E-state index is -5.04. The highest BCUT2D eigenvalue weighted by Gasteiger charge is 2.87. The Balaban J connectivity index is 1.07. The fourth-order valence-corrected chi connectivity index (χ4v) is 14.2. The van der Waals surface area contributed by atoms with Crippen LogP contribution in [-0.4, -0.2) is 147 Å². The average Bonchev–Trinajstić information content (AvgIpc) is 3.70. The molecule has 0 amide bonds. The van der Waals surface area contributed by atoms with Crippen LogP contribution >= 0.6 is 0 Å². The van der Waals surface area contributed by atoms with Crippen molar-refractivity contribution in [2.45, 2.75) is 197 Å². The normalized spacial score (nSPS) is 54.1. The van der Waals surface area contributed by atoms with Crippen LogP contribution < -0.4 is 0 Å². The molecule has 0 aromatic rings. The van der Waals surface area contributed by atoms with Crippen LogP contribution in [0.5, 0.6) is 0 Å². The van der Waals surface area contributed by atoms with Crippen molar-refractivity contribution in [2.75, 3.05) is 6.61 Å². The number of aliphatic hydroxyl groups excluding tert-OH is 5. The zero-order valence-corrected chi connectivity index (χ0v) is 36.0. The van der Waals surface area contributed by atoms with E-state index < -0.39 is 135 Å². The standard InChI is InChI=1S/C41H64O17S/c1-19-27(43)29(45)30(46)32(53-19)55-31-28(44)22(58-59(49,50)51)18-52-33(31)54-25-12-14-37(6)21-17-24(42)41-34(47)57-39(8,26-11-13-35(2,3)56-26)40(41,48)16-15-38(41,7)20(21)9-10-23(37)36(25,4)5/h17,19-20,22-33,42-46,48H,9-16,18H2,1-8H3,(H,49,50,51)/t19-,20?,22-,23?,24+,25+,26+,27-,28+,29+,30-,31-,32+,33+,37-,38?,39-,40+,41?/m1/s1. The maximum absolute atomic E-state index is 14.5. The minimum Gasteiger partial charge on any atom is -0.453 e. The summed E-state index contributed by atoms with van der Waals surface area (Å²) < 4.78 is 74.3. The Morgan fingerprint density at radius 2 is 1.51 bits per heavy atom. The van der Waals surface area contributed by atoms with Crippen LogP contribution in [0.4, 0.5) is 0 Å². The minimum absolute atomic E-state index is 0.0271. The van der Waals surface area contributed by atoms with E-state index in [1.54, 1.807) is 6.92 Å². The number of cyclic esters (lactones) is 1. The molecule has 0 aromatic heterocycles. The first kappa shape index (κ1) is 44.3. The fourth-order valence-electron chi connectivity index (χ4n) is 13.7. The van der Waals surface area contributed by atoms with Gasteiger partial charge in [0.15, 0.2) is 18.2 Å². The Bertz CT molecular complexity index is 1820. The van der Waals surface area contributed by atoms with E-state index in [9.17, 15) is 48.4 Å². The second-order valence-electron chi connectivity index (χ2n) is 20.7. The molecule has 18 heteroatoms. The smallest absolute Gasteiger partial charge is 0.397 e. The largest absolute Gasteiger partial charge is 0.453 e. The van der Waals surface area contributed by atoms with Gasteiger partial charge in [0.2, 0.25) is 0 Å². The van der Waals surface area contributed by atoms with Crippen LogP contribution in [0.1, 0.15) is 107 Å². The van der Waals surface area contributed by atoms with E-state index in [2.05, 4.69) is 25.0 Å².